The minimum Gasteiger partial charge on any atom is -0.507 e. The summed E-state index contributed by atoms with van der Waals surface area (Å²) in [6.45, 7) is 8.08. The molecule has 0 amide bonds. The molecule has 0 saturated carbocycles. The number of likely N-dealkylation sites (N-methyl/N-ethyl adjacent to an activating group) is 1. The Hall–Kier alpha value is -2.11. The zero-order valence-corrected chi connectivity index (χ0v) is 15.3. The predicted octanol–water partition coefficient (Wildman–Crippen LogP) is 2.22. The van der Waals surface area contributed by atoms with Crippen LogP contribution in [0.5, 0.6) is 5.75 Å². The van der Waals surface area contributed by atoms with E-state index in [0.29, 0.717) is 12.1 Å². The molecule has 1 saturated heterocycles. The molecule has 1 atom stereocenters. The Balaban J connectivity index is 2.14. The van der Waals surface area contributed by atoms with Gasteiger partial charge < -0.3 is 14.6 Å². The van der Waals surface area contributed by atoms with Gasteiger partial charge in [0.25, 0.3) is 5.56 Å². The topological polar surface area (TPSA) is 48.7 Å². The van der Waals surface area contributed by atoms with Crippen LogP contribution in [-0.2, 0) is 6.54 Å². The maximum absolute atomic E-state index is 13.1. The number of rotatable bonds is 4. The van der Waals surface area contributed by atoms with Crippen LogP contribution in [0.1, 0.15) is 29.8 Å². The van der Waals surface area contributed by atoms with E-state index in [1.807, 2.05) is 44.2 Å². The van der Waals surface area contributed by atoms with Crippen LogP contribution < -0.4 is 5.56 Å². The highest BCUT2D eigenvalue weighted by molar-refractivity contribution is 5.41. The number of hydrogen-bond donors (Lipinski definition) is 1. The van der Waals surface area contributed by atoms with Crippen LogP contribution in [0.4, 0.5) is 0 Å². The zero-order chi connectivity index (χ0) is 18.0. The summed E-state index contributed by atoms with van der Waals surface area (Å²) in [7, 11) is 2.11. The highest BCUT2D eigenvalue weighted by Crippen LogP contribution is 2.33. The minimum absolute atomic E-state index is 0.0900. The molecular formula is C20H27N3O2. The second-order valence-electron chi connectivity index (χ2n) is 6.79. The van der Waals surface area contributed by atoms with Gasteiger partial charge in [-0.25, -0.2) is 0 Å². The first-order valence-corrected chi connectivity index (χ1v) is 8.93. The monoisotopic (exact) mass is 341 g/mol. The third kappa shape index (κ3) is 3.48. The van der Waals surface area contributed by atoms with Crippen molar-refractivity contribution in [1.29, 1.82) is 0 Å². The van der Waals surface area contributed by atoms with Crippen LogP contribution in [0.15, 0.2) is 41.2 Å². The molecule has 0 spiro atoms. The van der Waals surface area contributed by atoms with Crippen LogP contribution in [0, 0.1) is 6.92 Å². The van der Waals surface area contributed by atoms with Crippen LogP contribution in [0.2, 0.25) is 0 Å². The summed E-state index contributed by atoms with van der Waals surface area (Å²) in [6.07, 6.45) is 0. The quantitative estimate of drug-likeness (QED) is 0.926. The van der Waals surface area contributed by atoms with Crippen LogP contribution in [0.3, 0.4) is 0 Å². The molecule has 2 heterocycles. The first-order valence-electron chi connectivity index (χ1n) is 8.93. The molecule has 1 aliphatic heterocycles. The Morgan fingerprint density at radius 2 is 1.76 bits per heavy atom. The molecule has 5 heteroatoms. The summed E-state index contributed by atoms with van der Waals surface area (Å²) >= 11 is 0. The molecule has 1 fully saturated rings. The third-order valence-electron chi connectivity index (χ3n) is 5.13. The normalized spacial score (nSPS) is 17.6. The van der Waals surface area contributed by atoms with Gasteiger partial charge in [0.15, 0.2) is 0 Å². The van der Waals surface area contributed by atoms with E-state index in [9.17, 15) is 9.90 Å². The Kier molecular flexibility index (Phi) is 5.25. The molecule has 5 nitrogen and oxygen atoms in total. The Labute approximate surface area is 149 Å². The lowest BCUT2D eigenvalue weighted by atomic mass is 9.96. The van der Waals surface area contributed by atoms with Crippen molar-refractivity contribution in [3.8, 4) is 5.75 Å². The van der Waals surface area contributed by atoms with Crippen molar-refractivity contribution in [2.24, 2.45) is 0 Å². The fourth-order valence-electron chi connectivity index (χ4n) is 3.69. The molecule has 1 aliphatic rings. The van der Waals surface area contributed by atoms with Gasteiger partial charge in [0.2, 0.25) is 0 Å². The molecule has 1 aromatic carbocycles. The predicted molar refractivity (Wildman–Crippen MR) is 100 cm³/mol. The van der Waals surface area contributed by atoms with E-state index in [1.54, 1.807) is 10.6 Å². The number of hydrogen-bond acceptors (Lipinski definition) is 4. The standard InChI is InChI=1S/C20H27N3O2/c1-4-23-15(2)14-17(24)18(20(23)25)19(16-8-6-5-7-9-16)22-12-10-21(3)11-13-22/h5-9,14,19,24H,4,10-13H2,1-3H3/t19-/m0/s1. The molecule has 0 unspecified atom stereocenters. The van der Waals surface area contributed by atoms with Gasteiger partial charge in [0.05, 0.1) is 11.6 Å². The smallest absolute Gasteiger partial charge is 0.259 e. The van der Waals surface area contributed by atoms with Crippen LogP contribution in [-0.4, -0.2) is 52.7 Å². The number of pyridine rings is 1. The van der Waals surface area contributed by atoms with E-state index in [2.05, 4.69) is 16.8 Å². The van der Waals surface area contributed by atoms with E-state index in [-0.39, 0.29) is 17.4 Å². The number of benzene rings is 1. The summed E-state index contributed by atoms with van der Waals surface area (Å²) in [5.74, 6) is 0.0972. The number of piperazine rings is 1. The van der Waals surface area contributed by atoms with Crippen LogP contribution >= 0.6 is 0 Å². The second kappa shape index (κ2) is 7.42. The van der Waals surface area contributed by atoms with E-state index in [4.69, 9.17) is 0 Å². The average molecular weight is 341 g/mol. The van der Waals surface area contributed by atoms with Crippen molar-refractivity contribution in [3.63, 3.8) is 0 Å². The van der Waals surface area contributed by atoms with Gasteiger partial charge in [0, 0.05) is 38.4 Å². The summed E-state index contributed by atoms with van der Waals surface area (Å²) < 4.78 is 1.74. The SMILES string of the molecule is CCn1c(C)cc(O)c([C@H](c2ccccc2)N2CCN(C)CC2)c1=O. The Morgan fingerprint density at radius 3 is 2.36 bits per heavy atom. The molecule has 25 heavy (non-hydrogen) atoms. The van der Waals surface area contributed by atoms with Crippen molar-refractivity contribution >= 4 is 0 Å². The molecular weight excluding hydrogens is 314 g/mol. The molecule has 0 radical (unpaired) electrons. The lowest BCUT2D eigenvalue weighted by Crippen LogP contribution is -2.47. The third-order valence-corrected chi connectivity index (χ3v) is 5.13. The van der Waals surface area contributed by atoms with Crippen LogP contribution in [0.25, 0.3) is 0 Å². The first-order chi connectivity index (χ1) is 12.0. The summed E-state index contributed by atoms with van der Waals surface area (Å²) in [4.78, 5) is 17.7. The minimum atomic E-state index is -0.221. The van der Waals surface area contributed by atoms with Crippen molar-refractivity contribution in [1.82, 2.24) is 14.4 Å². The van der Waals surface area contributed by atoms with E-state index >= 15 is 0 Å². The molecule has 134 valence electrons. The maximum Gasteiger partial charge on any atom is 0.259 e. The van der Waals surface area contributed by atoms with Gasteiger partial charge in [-0.15, -0.1) is 0 Å². The molecule has 0 bridgehead atoms. The zero-order valence-electron chi connectivity index (χ0n) is 15.3. The molecule has 1 aromatic heterocycles. The number of nitrogens with zero attached hydrogens (tertiary/aromatic N) is 3. The maximum atomic E-state index is 13.1. The highest BCUT2D eigenvalue weighted by Gasteiger charge is 2.30. The molecule has 2 aromatic rings. The van der Waals surface area contributed by atoms with Crippen molar-refractivity contribution < 1.29 is 5.11 Å². The number of aromatic nitrogens is 1. The fourth-order valence-corrected chi connectivity index (χ4v) is 3.69. The van der Waals surface area contributed by atoms with E-state index < -0.39 is 0 Å². The summed E-state index contributed by atoms with van der Waals surface area (Å²) in [5.41, 5.74) is 2.24. The molecule has 3 rings (SSSR count). The second-order valence-corrected chi connectivity index (χ2v) is 6.79. The van der Waals surface area contributed by atoms with Gasteiger partial charge >= 0.3 is 0 Å². The fraction of sp³-hybridized carbons (Fsp3) is 0.450. The van der Waals surface area contributed by atoms with E-state index in [0.717, 1.165) is 37.4 Å². The number of aryl methyl sites for hydroxylation is 1. The molecule has 1 N–H and O–H groups in total. The van der Waals surface area contributed by atoms with Crippen molar-refractivity contribution in [2.45, 2.75) is 26.4 Å². The van der Waals surface area contributed by atoms with Crippen molar-refractivity contribution in [2.75, 3.05) is 33.2 Å². The Morgan fingerprint density at radius 1 is 1.12 bits per heavy atom. The lowest BCUT2D eigenvalue weighted by molar-refractivity contribution is 0.125. The molecule has 0 aliphatic carbocycles. The largest absolute Gasteiger partial charge is 0.507 e. The Bertz CT molecular complexity index is 778. The van der Waals surface area contributed by atoms with Gasteiger partial charge in [-0.1, -0.05) is 30.3 Å². The highest BCUT2D eigenvalue weighted by atomic mass is 16.3. The van der Waals surface area contributed by atoms with E-state index in [1.165, 1.54) is 0 Å². The summed E-state index contributed by atoms with van der Waals surface area (Å²) in [6, 6.07) is 11.5. The average Bonchev–Trinajstić information content (AvgIpc) is 2.60. The first kappa shape index (κ1) is 17.7. The number of aromatic hydroxyl groups is 1. The lowest BCUT2D eigenvalue weighted by Gasteiger charge is -2.38. The van der Waals surface area contributed by atoms with Gasteiger partial charge in [-0.2, -0.15) is 0 Å². The van der Waals surface area contributed by atoms with Crippen molar-refractivity contribution in [3.05, 3.63) is 63.6 Å². The summed E-state index contributed by atoms with van der Waals surface area (Å²) in [5, 5.41) is 10.7. The van der Waals surface area contributed by atoms with Gasteiger partial charge in [0.1, 0.15) is 5.75 Å². The van der Waals surface area contributed by atoms with Gasteiger partial charge in [-0.3, -0.25) is 9.69 Å². The van der Waals surface area contributed by atoms with Gasteiger partial charge in [-0.05, 0) is 32.5 Å².